The van der Waals surface area contributed by atoms with Crippen molar-refractivity contribution in [2.24, 2.45) is 0 Å². The van der Waals surface area contributed by atoms with Gasteiger partial charge >= 0.3 is 0 Å². The van der Waals surface area contributed by atoms with Crippen LogP contribution in [-0.4, -0.2) is 36.7 Å². The summed E-state index contributed by atoms with van der Waals surface area (Å²) in [6, 6.07) is 15.6. The van der Waals surface area contributed by atoms with Gasteiger partial charge in [-0.3, -0.25) is 4.79 Å². The Hall–Kier alpha value is -2.53. The number of hydrogen-bond acceptors (Lipinski definition) is 4. The molecule has 2 aliphatic rings. The van der Waals surface area contributed by atoms with Crippen molar-refractivity contribution < 1.29 is 14.3 Å². The highest BCUT2D eigenvalue weighted by molar-refractivity contribution is 6.01. The number of para-hydroxylation sites is 2. The van der Waals surface area contributed by atoms with E-state index in [4.69, 9.17) is 9.47 Å². The third kappa shape index (κ3) is 3.15. The van der Waals surface area contributed by atoms with Crippen molar-refractivity contribution in [1.29, 1.82) is 0 Å². The molecule has 1 saturated heterocycles. The highest BCUT2D eigenvalue weighted by Gasteiger charge is 2.36. The lowest BCUT2D eigenvalue weighted by Gasteiger charge is -2.39. The number of carbonyl (C=O) groups is 1. The maximum Gasteiger partial charge on any atom is 0.257 e. The van der Waals surface area contributed by atoms with Gasteiger partial charge in [0.25, 0.3) is 5.91 Å². The lowest BCUT2D eigenvalue weighted by molar-refractivity contribution is 0.0424. The van der Waals surface area contributed by atoms with E-state index in [9.17, 15) is 4.79 Å². The fourth-order valence-corrected chi connectivity index (χ4v) is 3.73. The number of rotatable bonds is 5. The highest BCUT2D eigenvalue weighted by atomic mass is 16.5. The number of amides is 1. The lowest BCUT2D eigenvalue weighted by Crippen LogP contribution is -2.46. The number of benzene rings is 2. The Morgan fingerprint density at radius 1 is 1.19 bits per heavy atom. The van der Waals surface area contributed by atoms with Crippen molar-refractivity contribution in [3.05, 3.63) is 59.7 Å². The smallest absolute Gasteiger partial charge is 0.257 e. The van der Waals surface area contributed by atoms with Gasteiger partial charge in [0.05, 0.1) is 18.3 Å². The second-order valence-electron chi connectivity index (χ2n) is 6.66. The van der Waals surface area contributed by atoms with E-state index in [1.165, 1.54) is 0 Å². The third-order valence-corrected chi connectivity index (χ3v) is 4.96. The molecule has 2 aromatic rings. The molecule has 1 amide bonds. The summed E-state index contributed by atoms with van der Waals surface area (Å²) in [7, 11) is 0. The van der Waals surface area contributed by atoms with Gasteiger partial charge in [-0.05, 0) is 38.0 Å². The maximum atomic E-state index is 13.2. The summed E-state index contributed by atoms with van der Waals surface area (Å²) < 4.78 is 11.6. The second kappa shape index (κ2) is 7.38. The van der Waals surface area contributed by atoms with Crippen molar-refractivity contribution in [2.75, 3.05) is 25.1 Å². The van der Waals surface area contributed by atoms with Crippen LogP contribution in [0, 0.1) is 0 Å². The topological polar surface area (TPSA) is 50.8 Å². The number of hydrogen-bond donors (Lipinski definition) is 1. The Balaban J connectivity index is 1.73. The summed E-state index contributed by atoms with van der Waals surface area (Å²) in [6.07, 6.45) is 1.86. The molecular weight excluding hydrogens is 328 g/mol. The molecule has 0 aliphatic carbocycles. The summed E-state index contributed by atoms with van der Waals surface area (Å²) >= 11 is 0. The fraction of sp³-hybridized carbons (Fsp3) is 0.381. The summed E-state index contributed by atoms with van der Waals surface area (Å²) in [5.41, 5.74) is 2.53. The van der Waals surface area contributed by atoms with E-state index in [2.05, 4.69) is 5.32 Å². The Labute approximate surface area is 153 Å². The molecule has 0 radical (unpaired) electrons. The summed E-state index contributed by atoms with van der Waals surface area (Å²) in [4.78, 5) is 15.1. The summed E-state index contributed by atoms with van der Waals surface area (Å²) in [5, 5.41) is 3.54. The molecular formula is C21H24N2O3. The van der Waals surface area contributed by atoms with Crippen molar-refractivity contribution >= 4 is 11.6 Å². The van der Waals surface area contributed by atoms with E-state index in [1.807, 2.05) is 60.4 Å². The van der Waals surface area contributed by atoms with Crippen LogP contribution in [0.5, 0.6) is 5.75 Å². The minimum Gasteiger partial charge on any atom is -0.493 e. The number of ether oxygens (including phenoxy) is 2. The van der Waals surface area contributed by atoms with Crippen LogP contribution in [0.2, 0.25) is 0 Å². The Morgan fingerprint density at radius 2 is 2.00 bits per heavy atom. The van der Waals surface area contributed by atoms with Crippen LogP contribution in [0.1, 0.15) is 41.9 Å². The van der Waals surface area contributed by atoms with Crippen LogP contribution >= 0.6 is 0 Å². The van der Waals surface area contributed by atoms with Gasteiger partial charge < -0.3 is 19.7 Å². The first-order valence-corrected chi connectivity index (χ1v) is 9.27. The molecule has 0 bridgehead atoms. The zero-order valence-corrected chi connectivity index (χ0v) is 15.0. The Morgan fingerprint density at radius 3 is 2.81 bits per heavy atom. The average molecular weight is 352 g/mol. The molecule has 2 aliphatic heterocycles. The molecule has 0 saturated carbocycles. The third-order valence-electron chi connectivity index (χ3n) is 4.96. The lowest BCUT2D eigenvalue weighted by atomic mass is 10.0. The predicted molar refractivity (Wildman–Crippen MR) is 100 cm³/mol. The predicted octanol–water partition coefficient (Wildman–Crippen LogP) is 3.83. The number of nitrogens with zero attached hydrogens (tertiary/aromatic N) is 1. The van der Waals surface area contributed by atoms with Crippen molar-refractivity contribution in [3.8, 4) is 5.75 Å². The van der Waals surface area contributed by atoms with Crippen molar-refractivity contribution in [1.82, 2.24) is 4.90 Å². The molecule has 2 aromatic carbocycles. The molecule has 0 unspecified atom stereocenters. The second-order valence-corrected chi connectivity index (χ2v) is 6.66. The van der Waals surface area contributed by atoms with Crippen LogP contribution < -0.4 is 10.1 Å². The van der Waals surface area contributed by atoms with E-state index in [-0.39, 0.29) is 18.2 Å². The Kier molecular flexibility index (Phi) is 4.80. The van der Waals surface area contributed by atoms with Crippen molar-refractivity contribution in [2.45, 2.75) is 32.0 Å². The molecule has 0 spiro atoms. The normalized spacial score (nSPS) is 22.0. The van der Waals surface area contributed by atoms with Gasteiger partial charge in [0, 0.05) is 24.4 Å². The summed E-state index contributed by atoms with van der Waals surface area (Å²) in [6.45, 7) is 3.90. The van der Waals surface area contributed by atoms with Crippen molar-refractivity contribution in [3.63, 3.8) is 0 Å². The molecule has 136 valence electrons. The molecule has 1 fully saturated rings. The summed E-state index contributed by atoms with van der Waals surface area (Å²) in [5.74, 6) is 0.836. The number of fused-ring (bicyclic) bond motifs is 1. The van der Waals surface area contributed by atoms with Crippen LogP contribution in [-0.2, 0) is 4.74 Å². The molecule has 0 aromatic heterocycles. The van der Waals surface area contributed by atoms with Gasteiger partial charge in [-0.2, -0.15) is 0 Å². The van der Waals surface area contributed by atoms with Gasteiger partial charge in [0.15, 0.2) is 0 Å². The van der Waals surface area contributed by atoms with Crippen LogP contribution in [0.4, 0.5) is 5.69 Å². The standard InChI is InChI=1S/C21H24N2O3/c1-2-25-19-12-6-4-10-17(19)20-22-18-11-5-3-9-16(18)21(24)23(20)14-15-8-7-13-26-15/h3-6,9-12,15,20,22H,2,7-8,13-14H2,1H3/t15-,20-/m0/s1. The number of carbonyl (C=O) groups excluding carboxylic acids is 1. The van der Waals surface area contributed by atoms with E-state index in [1.54, 1.807) is 0 Å². The van der Waals surface area contributed by atoms with Crippen LogP contribution in [0.3, 0.4) is 0 Å². The molecule has 2 atom stereocenters. The Bertz CT molecular complexity index is 786. The fourth-order valence-electron chi connectivity index (χ4n) is 3.73. The van der Waals surface area contributed by atoms with E-state index >= 15 is 0 Å². The molecule has 4 rings (SSSR count). The average Bonchev–Trinajstić information content (AvgIpc) is 3.18. The first kappa shape index (κ1) is 16.9. The van der Waals surface area contributed by atoms with Gasteiger partial charge in [-0.25, -0.2) is 0 Å². The van der Waals surface area contributed by atoms with E-state index in [0.29, 0.717) is 18.7 Å². The van der Waals surface area contributed by atoms with E-state index in [0.717, 1.165) is 36.4 Å². The molecule has 1 N–H and O–H groups in total. The van der Waals surface area contributed by atoms with Crippen LogP contribution in [0.25, 0.3) is 0 Å². The monoisotopic (exact) mass is 352 g/mol. The van der Waals surface area contributed by atoms with Gasteiger partial charge in [-0.15, -0.1) is 0 Å². The maximum absolute atomic E-state index is 13.2. The largest absolute Gasteiger partial charge is 0.493 e. The molecule has 2 heterocycles. The zero-order valence-electron chi connectivity index (χ0n) is 15.0. The molecule has 26 heavy (non-hydrogen) atoms. The number of anilines is 1. The van der Waals surface area contributed by atoms with Gasteiger partial charge in [-0.1, -0.05) is 30.3 Å². The quantitative estimate of drug-likeness (QED) is 0.888. The van der Waals surface area contributed by atoms with Gasteiger partial charge in [0.2, 0.25) is 0 Å². The minimum absolute atomic E-state index is 0.0335. The number of nitrogens with one attached hydrogen (secondary N) is 1. The minimum atomic E-state index is -0.274. The molecule has 5 heteroatoms. The van der Waals surface area contributed by atoms with Crippen LogP contribution in [0.15, 0.2) is 48.5 Å². The first-order valence-electron chi connectivity index (χ1n) is 9.27. The first-order chi connectivity index (χ1) is 12.8. The zero-order chi connectivity index (χ0) is 17.9. The SMILES string of the molecule is CCOc1ccccc1[C@H]1Nc2ccccc2C(=O)N1C[C@@H]1CCCO1. The highest BCUT2D eigenvalue weighted by Crippen LogP contribution is 2.37. The van der Waals surface area contributed by atoms with Gasteiger partial charge in [0.1, 0.15) is 11.9 Å². The molecule has 5 nitrogen and oxygen atoms in total. The van der Waals surface area contributed by atoms with E-state index < -0.39 is 0 Å².